The fourth-order valence-electron chi connectivity index (χ4n) is 1.78. The van der Waals surface area contributed by atoms with E-state index in [4.69, 9.17) is 4.74 Å². The number of aromatic nitrogens is 2. The van der Waals surface area contributed by atoms with Crippen LogP contribution in [0.3, 0.4) is 0 Å². The zero-order valence-electron chi connectivity index (χ0n) is 11.5. The lowest BCUT2D eigenvalue weighted by Crippen LogP contribution is -2.34. The molecule has 18 heavy (non-hydrogen) atoms. The average molecular weight is 254 g/mol. The molecule has 0 bridgehead atoms. The maximum absolute atomic E-state index is 11.9. The van der Waals surface area contributed by atoms with Gasteiger partial charge in [0.2, 0.25) is 0 Å². The first-order chi connectivity index (χ1) is 8.45. The molecule has 0 aliphatic heterocycles. The predicted molar refractivity (Wildman–Crippen MR) is 67.9 cm³/mol. The minimum atomic E-state index is -0.985. The summed E-state index contributed by atoms with van der Waals surface area (Å²) in [5.41, 5.74) is -0.337. The van der Waals surface area contributed by atoms with Crippen LogP contribution in [0.25, 0.3) is 0 Å². The summed E-state index contributed by atoms with van der Waals surface area (Å²) >= 11 is 0. The molecule has 1 aromatic heterocycles. The molecule has 1 N–H and O–H groups in total. The summed E-state index contributed by atoms with van der Waals surface area (Å²) in [4.78, 5) is 15.9. The van der Waals surface area contributed by atoms with Gasteiger partial charge in [-0.25, -0.2) is 4.98 Å². The third-order valence-electron chi connectivity index (χ3n) is 2.97. The van der Waals surface area contributed by atoms with E-state index in [9.17, 15) is 9.90 Å². The molecule has 0 fully saturated rings. The van der Waals surface area contributed by atoms with Crippen molar-refractivity contribution in [2.45, 2.75) is 46.8 Å². The third-order valence-corrected chi connectivity index (χ3v) is 2.97. The van der Waals surface area contributed by atoms with E-state index in [1.54, 1.807) is 33.3 Å². The molecule has 0 spiro atoms. The van der Waals surface area contributed by atoms with Crippen molar-refractivity contribution < 1.29 is 14.6 Å². The van der Waals surface area contributed by atoms with Crippen LogP contribution < -0.4 is 0 Å². The van der Waals surface area contributed by atoms with E-state index in [1.165, 1.54) is 0 Å². The first kappa shape index (κ1) is 14.7. The van der Waals surface area contributed by atoms with Gasteiger partial charge in [0.25, 0.3) is 0 Å². The number of hydrogen-bond acceptors (Lipinski definition) is 4. The van der Waals surface area contributed by atoms with Crippen LogP contribution in [0.2, 0.25) is 0 Å². The molecule has 1 aromatic rings. The molecular formula is C13H22N2O3. The summed E-state index contributed by atoms with van der Waals surface area (Å²) in [5, 5.41) is 10.4. The standard InChI is InChI=1S/C13H22N2O3/c1-5-7-15-9-14-8-10(15)11(16)13(3,4)12(17)18-6-2/h8-9,11,16H,5-7H2,1-4H3. The highest BCUT2D eigenvalue weighted by Crippen LogP contribution is 2.34. The monoisotopic (exact) mass is 254 g/mol. The van der Waals surface area contributed by atoms with Crippen molar-refractivity contribution in [3.8, 4) is 0 Å². The second kappa shape index (κ2) is 6.00. The SMILES string of the molecule is CCCn1cncc1C(O)C(C)(C)C(=O)OCC. The zero-order chi connectivity index (χ0) is 13.8. The van der Waals surface area contributed by atoms with Gasteiger partial charge in [-0.3, -0.25) is 4.79 Å². The molecule has 0 aromatic carbocycles. The number of hydrogen-bond donors (Lipinski definition) is 1. The van der Waals surface area contributed by atoms with Gasteiger partial charge in [0.15, 0.2) is 0 Å². The van der Waals surface area contributed by atoms with Crippen LogP contribution in [-0.2, 0) is 16.1 Å². The van der Waals surface area contributed by atoms with Crippen molar-refractivity contribution in [3.63, 3.8) is 0 Å². The summed E-state index contributed by atoms with van der Waals surface area (Å²) in [6.45, 7) is 8.24. The number of carbonyl (C=O) groups is 1. The van der Waals surface area contributed by atoms with Crippen molar-refractivity contribution in [1.29, 1.82) is 0 Å². The number of aliphatic hydroxyl groups is 1. The van der Waals surface area contributed by atoms with Gasteiger partial charge in [0.05, 0.1) is 30.2 Å². The Morgan fingerprint density at radius 3 is 2.78 bits per heavy atom. The Balaban J connectivity index is 2.94. The molecule has 0 aliphatic carbocycles. The van der Waals surface area contributed by atoms with Crippen LogP contribution in [0.5, 0.6) is 0 Å². The number of imidazole rings is 1. The van der Waals surface area contributed by atoms with E-state index < -0.39 is 17.5 Å². The van der Waals surface area contributed by atoms with Crippen LogP contribution in [0.15, 0.2) is 12.5 Å². The van der Waals surface area contributed by atoms with Gasteiger partial charge in [-0.2, -0.15) is 0 Å². The van der Waals surface area contributed by atoms with Crippen molar-refractivity contribution in [1.82, 2.24) is 9.55 Å². The molecular weight excluding hydrogens is 232 g/mol. The van der Waals surface area contributed by atoms with Crippen molar-refractivity contribution in [3.05, 3.63) is 18.2 Å². The normalized spacial score (nSPS) is 13.4. The fourth-order valence-corrected chi connectivity index (χ4v) is 1.78. The van der Waals surface area contributed by atoms with E-state index in [2.05, 4.69) is 4.98 Å². The number of carbonyl (C=O) groups excluding carboxylic acids is 1. The summed E-state index contributed by atoms with van der Waals surface area (Å²) in [6, 6.07) is 0. The van der Waals surface area contributed by atoms with Gasteiger partial charge in [0.1, 0.15) is 6.10 Å². The Morgan fingerprint density at radius 1 is 1.56 bits per heavy atom. The van der Waals surface area contributed by atoms with Crippen molar-refractivity contribution in [2.24, 2.45) is 5.41 Å². The lowest BCUT2D eigenvalue weighted by molar-refractivity contribution is -0.160. The highest BCUT2D eigenvalue weighted by Gasteiger charge is 2.39. The Kier molecular flexibility index (Phi) is 4.90. The van der Waals surface area contributed by atoms with Gasteiger partial charge in [-0.05, 0) is 27.2 Å². The number of ether oxygens (including phenoxy) is 1. The molecule has 1 atom stereocenters. The van der Waals surface area contributed by atoms with Crippen molar-refractivity contribution in [2.75, 3.05) is 6.61 Å². The zero-order valence-corrected chi connectivity index (χ0v) is 11.5. The second-order valence-corrected chi connectivity index (χ2v) is 4.86. The number of aryl methyl sites for hydroxylation is 1. The van der Waals surface area contributed by atoms with E-state index >= 15 is 0 Å². The molecule has 0 saturated carbocycles. The minimum Gasteiger partial charge on any atom is -0.465 e. The predicted octanol–water partition coefficient (Wildman–Crippen LogP) is 1.92. The van der Waals surface area contributed by atoms with Crippen LogP contribution in [0, 0.1) is 5.41 Å². The number of rotatable bonds is 6. The Labute approximate surface area is 108 Å². The maximum Gasteiger partial charge on any atom is 0.314 e. The third kappa shape index (κ3) is 2.90. The smallest absolute Gasteiger partial charge is 0.314 e. The van der Waals surface area contributed by atoms with Gasteiger partial charge in [-0.1, -0.05) is 6.92 Å². The molecule has 0 radical (unpaired) electrons. The first-order valence-corrected chi connectivity index (χ1v) is 6.30. The summed E-state index contributed by atoms with van der Waals surface area (Å²) < 4.78 is 6.86. The van der Waals surface area contributed by atoms with Crippen LogP contribution >= 0.6 is 0 Å². The fraction of sp³-hybridized carbons (Fsp3) is 0.692. The Hall–Kier alpha value is -1.36. The molecule has 0 saturated heterocycles. The molecule has 5 nitrogen and oxygen atoms in total. The van der Waals surface area contributed by atoms with Gasteiger partial charge < -0.3 is 14.4 Å². The lowest BCUT2D eigenvalue weighted by atomic mass is 9.85. The van der Waals surface area contributed by atoms with E-state index in [0.29, 0.717) is 12.3 Å². The summed E-state index contributed by atoms with van der Waals surface area (Å²) in [6.07, 6.45) is 3.28. The summed E-state index contributed by atoms with van der Waals surface area (Å²) in [7, 11) is 0. The molecule has 1 rings (SSSR count). The molecule has 1 unspecified atom stereocenters. The molecule has 5 heteroatoms. The van der Waals surface area contributed by atoms with Crippen molar-refractivity contribution >= 4 is 5.97 Å². The largest absolute Gasteiger partial charge is 0.465 e. The maximum atomic E-state index is 11.9. The van der Waals surface area contributed by atoms with Gasteiger partial charge >= 0.3 is 5.97 Å². The van der Waals surface area contributed by atoms with E-state index in [0.717, 1.165) is 13.0 Å². The highest BCUT2D eigenvalue weighted by molar-refractivity contribution is 5.76. The van der Waals surface area contributed by atoms with E-state index in [1.807, 2.05) is 11.5 Å². The Morgan fingerprint density at radius 2 is 2.22 bits per heavy atom. The molecule has 0 amide bonds. The van der Waals surface area contributed by atoms with Crippen LogP contribution in [-0.4, -0.2) is 27.2 Å². The van der Waals surface area contributed by atoms with Gasteiger partial charge in [-0.15, -0.1) is 0 Å². The van der Waals surface area contributed by atoms with Gasteiger partial charge in [0, 0.05) is 6.54 Å². The van der Waals surface area contributed by atoms with E-state index in [-0.39, 0.29) is 0 Å². The number of aliphatic hydroxyl groups excluding tert-OH is 1. The summed E-state index contributed by atoms with van der Waals surface area (Å²) in [5.74, 6) is -0.401. The van der Waals surface area contributed by atoms with Crippen LogP contribution in [0.1, 0.15) is 45.9 Å². The number of nitrogens with zero attached hydrogens (tertiary/aromatic N) is 2. The molecule has 102 valence electrons. The van der Waals surface area contributed by atoms with Crippen LogP contribution in [0.4, 0.5) is 0 Å². The minimum absolute atomic E-state index is 0.309. The second-order valence-electron chi connectivity index (χ2n) is 4.86. The average Bonchev–Trinajstić information content (AvgIpc) is 2.77. The highest BCUT2D eigenvalue weighted by atomic mass is 16.5. The molecule has 1 heterocycles. The quantitative estimate of drug-likeness (QED) is 0.788. The Bertz CT molecular complexity index is 399. The molecule has 0 aliphatic rings. The topological polar surface area (TPSA) is 64.3 Å². The number of esters is 1. The first-order valence-electron chi connectivity index (χ1n) is 6.30. The lowest BCUT2D eigenvalue weighted by Gasteiger charge is -2.28.